The monoisotopic (exact) mass is 248 g/mol. The first-order valence-corrected chi connectivity index (χ1v) is 5.64. The van der Waals surface area contributed by atoms with Crippen LogP contribution in [-0.4, -0.2) is 22.0 Å². The number of aromatic nitrogens is 3. The first-order chi connectivity index (χ1) is 8.18. The topological polar surface area (TPSA) is 41.9 Å². The lowest BCUT2D eigenvalue weighted by Gasteiger charge is -2.19. The predicted molar refractivity (Wildman–Crippen MR) is 68.1 cm³/mol. The van der Waals surface area contributed by atoms with E-state index >= 15 is 0 Å². The fourth-order valence-corrected chi connectivity index (χ4v) is 1.74. The summed E-state index contributed by atoms with van der Waals surface area (Å²) >= 11 is 5.97. The van der Waals surface area contributed by atoms with E-state index in [4.69, 9.17) is 11.6 Å². The van der Waals surface area contributed by atoms with Crippen molar-refractivity contribution >= 4 is 17.4 Å². The molecule has 0 radical (unpaired) electrons. The Morgan fingerprint density at radius 1 is 1.24 bits per heavy atom. The highest BCUT2D eigenvalue weighted by molar-refractivity contribution is 6.30. The average molecular weight is 249 g/mol. The second-order valence-corrected chi connectivity index (χ2v) is 4.15. The first kappa shape index (κ1) is 11.8. The molecule has 0 N–H and O–H groups in total. The van der Waals surface area contributed by atoms with Gasteiger partial charge in [-0.15, -0.1) is 0 Å². The van der Waals surface area contributed by atoms with Crippen molar-refractivity contribution in [3.05, 3.63) is 47.1 Å². The molecule has 0 bridgehead atoms. The molecule has 0 saturated heterocycles. The van der Waals surface area contributed by atoms with E-state index in [9.17, 15) is 0 Å². The second-order valence-electron chi connectivity index (χ2n) is 3.79. The minimum Gasteiger partial charge on any atom is -0.353 e. The lowest BCUT2D eigenvalue weighted by Crippen LogP contribution is -2.19. The van der Waals surface area contributed by atoms with Crippen molar-refractivity contribution in [3.8, 4) is 0 Å². The van der Waals surface area contributed by atoms with Gasteiger partial charge in [-0.1, -0.05) is 17.7 Å². The van der Waals surface area contributed by atoms with Crippen molar-refractivity contribution < 1.29 is 0 Å². The highest BCUT2D eigenvalue weighted by atomic mass is 35.5. The Kier molecular flexibility index (Phi) is 3.54. The average Bonchev–Trinajstić information content (AvgIpc) is 2.34. The van der Waals surface area contributed by atoms with Gasteiger partial charge in [0.05, 0.1) is 12.2 Å². The minimum atomic E-state index is 0.489. The largest absolute Gasteiger partial charge is 0.353 e. The number of hydrogen-bond donors (Lipinski definition) is 0. The van der Waals surface area contributed by atoms with E-state index in [1.165, 1.54) is 6.33 Å². The summed E-state index contributed by atoms with van der Waals surface area (Å²) in [5, 5.41) is 0.489. The van der Waals surface area contributed by atoms with Crippen molar-refractivity contribution in [2.75, 3.05) is 11.9 Å². The Hall–Kier alpha value is -1.68. The number of pyridine rings is 1. The molecule has 2 aromatic rings. The highest BCUT2D eigenvalue weighted by Crippen LogP contribution is 2.21. The van der Waals surface area contributed by atoms with Crippen LogP contribution in [0, 0.1) is 6.92 Å². The third-order valence-corrected chi connectivity index (χ3v) is 2.86. The van der Waals surface area contributed by atoms with Gasteiger partial charge in [-0.25, -0.2) is 9.97 Å². The Balaban J connectivity index is 2.20. The number of halogens is 1. The van der Waals surface area contributed by atoms with Crippen molar-refractivity contribution in [3.63, 3.8) is 0 Å². The van der Waals surface area contributed by atoms with Gasteiger partial charge in [-0.05, 0) is 19.1 Å². The van der Waals surface area contributed by atoms with Crippen LogP contribution in [0.25, 0.3) is 0 Å². The standard InChI is InChI=1S/C12H13ClN4/c1-9-11(13)15-8-16-12(9)17(2)7-10-5-3-4-6-14-10/h3-6,8H,7H2,1-2H3. The van der Waals surface area contributed by atoms with E-state index in [1.807, 2.05) is 37.1 Å². The molecule has 0 aliphatic heterocycles. The predicted octanol–water partition coefficient (Wildman–Crippen LogP) is 2.47. The number of nitrogens with zero attached hydrogens (tertiary/aromatic N) is 4. The maximum Gasteiger partial charge on any atom is 0.137 e. The highest BCUT2D eigenvalue weighted by Gasteiger charge is 2.10. The summed E-state index contributed by atoms with van der Waals surface area (Å²) in [5.41, 5.74) is 1.87. The molecule has 2 rings (SSSR count). The van der Waals surface area contributed by atoms with E-state index in [0.717, 1.165) is 17.1 Å². The summed E-state index contributed by atoms with van der Waals surface area (Å²) in [6.45, 7) is 2.60. The molecule has 0 amide bonds. The van der Waals surface area contributed by atoms with Crippen LogP contribution in [0.2, 0.25) is 5.15 Å². The fourth-order valence-electron chi connectivity index (χ4n) is 1.61. The Morgan fingerprint density at radius 2 is 2.06 bits per heavy atom. The Bertz CT molecular complexity index is 501. The summed E-state index contributed by atoms with van der Waals surface area (Å²) in [5.74, 6) is 0.829. The van der Waals surface area contributed by atoms with Gasteiger partial charge in [0, 0.05) is 18.8 Å². The fraction of sp³-hybridized carbons (Fsp3) is 0.250. The van der Waals surface area contributed by atoms with Gasteiger partial charge < -0.3 is 4.90 Å². The third-order valence-electron chi connectivity index (χ3n) is 2.48. The number of rotatable bonds is 3. The van der Waals surface area contributed by atoms with Crippen LogP contribution in [0.1, 0.15) is 11.3 Å². The van der Waals surface area contributed by atoms with Crippen LogP contribution >= 0.6 is 11.6 Å². The number of hydrogen-bond acceptors (Lipinski definition) is 4. The van der Waals surface area contributed by atoms with Gasteiger partial charge in [-0.2, -0.15) is 0 Å². The van der Waals surface area contributed by atoms with Gasteiger partial charge >= 0.3 is 0 Å². The zero-order chi connectivity index (χ0) is 12.3. The summed E-state index contributed by atoms with van der Waals surface area (Å²) in [6, 6.07) is 5.85. The zero-order valence-corrected chi connectivity index (χ0v) is 10.5. The maximum atomic E-state index is 5.97. The van der Waals surface area contributed by atoms with E-state index in [1.54, 1.807) is 6.20 Å². The van der Waals surface area contributed by atoms with Crippen LogP contribution < -0.4 is 4.90 Å². The molecule has 0 aliphatic carbocycles. The molecule has 0 saturated carbocycles. The van der Waals surface area contributed by atoms with Gasteiger partial charge in [0.15, 0.2) is 0 Å². The van der Waals surface area contributed by atoms with Crippen molar-refractivity contribution in [1.82, 2.24) is 15.0 Å². The molecule has 0 atom stereocenters. The maximum absolute atomic E-state index is 5.97. The summed E-state index contributed by atoms with van der Waals surface area (Å²) in [7, 11) is 1.96. The molecular weight excluding hydrogens is 236 g/mol. The Labute approximate surface area is 105 Å². The smallest absolute Gasteiger partial charge is 0.137 e. The SMILES string of the molecule is Cc1c(Cl)ncnc1N(C)Cc1ccccn1. The molecule has 0 fully saturated rings. The zero-order valence-electron chi connectivity index (χ0n) is 9.76. The summed E-state index contributed by atoms with van der Waals surface area (Å²) in [6.07, 6.45) is 3.25. The minimum absolute atomic E-state index is 0.489. The Morgan fingerprint density at radius 3 is 2.76 bits per heavy atom. The summed E-state index contributed by atoms with van der Waals surface area (Å²) in [4.78, 5) is 14.5. The molecule has 0 aromatic carbocycles. The van der Waals surface area contributed by atoms with Gasteiger partial charge in [-0.3, -0.25) is 4.98 Å². The molecule has 0 spiro atoms. The molecule has 5 heteroatoms. The lowest BCUT2D eigenvalue weighted by atomic mass is 10.3. The van der Waals surface area contributed by atoms with E-state index in [-0.39, 0.29) is 0 Å². The van der Waals surface area contributed by atoms with Crippen LogP contribution in [0.15, 0.2) is 30.7 Å². The van der Waals surface area contributed by atoms with Crippen molar-refractivity contribution in [2.24, 2.45) is 0 Å². The third kappa shape index (κ3) is 2.71. The van der Waals surface area contributed by atoms with E-state index < -0.39 is 0 Å². The van der Waals surface area contributed by atoms with Crippen molar-refractivity contribution in [2.45, 2.75) is 13.5 Å². The summed E-state index contributed by atoms with van der Waals surface area (Å²) < 4.78 is 0. The van der Waals surface area contributed by atoms with Crippen LogP contribution in [0.5, 0.6) is 0 Å². The molecule has 2 heterocycles. The molecular formula is C12H13ClN4. The number of anilines is 1. The van der Waals surface area contributed by atoms with E-state index in [2.05, 4.69) is 15.0 Å². The quantitative estimate of drug-likeness (QED) is 0.783. The lowest BCUT2D eigenvalue weighted by molar-refractivity contribution is 0.854. The molecule has 4 nitrogen and oxygen atoms in total. The van der Waals surface area contributed by atoms with Gasteiger partial charge in [0.2, 0.25) is 0 Å². The van der Waals surface area contributed by atoms with E-state index in [0.29, 0.717) is 11.7 Å². The molecule has 0 unspecified atom stereocenters. The molecule has 0 aliphatic rings. The first-order valence-electron chi connectivity index (χ1n) is 5.26. The van der Waals surface area contributed by atoms with Gasteiger partial charge in [0.1, 0.15) is 17.3 Å². The van der Waals surface area contributed by atoms with Crippen LogP contribution in [-0.2, 0) is 6.54 Å². The normalized spacial score (nSPS) is 10.3. The van der Waals surface area contributed by atoms with Crippen LogP contribution in [0.3, 0.4) is 0 Å². The van der Waals surface area contributed by atoms with Crippen LogP contribution in [0.4, 0.5) is 5.82 Å². The van der Waals surface area contributed by atoms with Gasteiger partial charge in [0.25, 0.3) is 0 Å². The van der Waals surface area contributed by atoms with Crippen molar-refractivity contribution in [1.29, 1.82) is 0 Å². The molecule has 17 heavy (non-hydrogen) atoms. The molecule has 88 valence electrons. The second kappa shape index (κ2) is 5.10. The molecule has 2 aromatic heterocycles.